The van der Waals surface area contributed by atoms with E-state index in [0.29, 0.717) is 31.0 Å². The van der Waals surface area contributed by atoms with E-state index in [1.165, 1.54) is 28.6 Å². The van der Waals surface area contributed by atoms with Gasteiger partial charge in [-0.25, -0.2) is 16.8 Å². The van der Waals surface area contributed by atoms with Crippen LogP contribution in [-0.4, -0.2) is 59.1 Å². The summed E-state index contributed by atoms with van der Waals surface area (Å²) in [6, 6.07) is 12.2. The number of anilines is 2. The van der Waals surface area contributed by atoms with E-state index >= 15 is 0 Å². The number of benzene rings is 2. The van der Waals surface area contributed by atoms with Crippen LogP contribution in [0.5, 0.6) is 0 Å². The molecule has 2 aromatic carbocycles. The number of carbonyl (C=O) groups excluding carboxylic acids is 1. The van der Waals surface area contributed by atoms with Crippen LogP contribution in [0.2, 0.25) is 0 Å². The van der Waals surface area contributed by atoms with Crippen molar-refractivity contribution >= 4 is 37.3 Å². The maximum atomic E-state index is 13.0. The minimum absolute atomic E-state index is 0.0138. The Morgan fingerprint density at radius 1 is 0.968 bits per heavy atom. The van der Waals surface area contributed by atoms with Gasteiger partial charge in [-0.3, -0.25) is 9.52 Å². The van der Waals surface area contributed by atoms with E-state index in [1.54, 1.807) is 31.2 Å². The molecule has 0 radical (unpaired) electrons. The third-order valence-corrected chi connectivity index (χ3v) is 8.06. The van der Waals surface area contributed by atoms with E-state index in [-0.39, 0.29) is 29.3 Å². The number of carbonyl (C=O) groups is 1. The van der Waals surface area contributed by atoms with Gasteiger partial charge < -0.3 is 10.1 Å². The van der Waals surface area contributed by atoms with Crippen molar-refractivity contribution in [1.29, 1.82) is 0 Å². The van der Waals surface area contributed by atoms with Crippen LogP contribution in [0, 0.1) is 0 Å². The van der Waals surface area contributed by atoms with Crippen molar-refractivity contribution in [2.24, 2.45) is 0 Å². The molecule has 2 N–H and O–H groups in total. The van der Waals surface area contributed by atoms with Crippen LogP contribution in [0.1, 0.15) is 23.7 Å². The number of hydrogen-bond donors (Lipinski definition) is 2. The van der Waals surface area contributed by atoms with Crippen molar-refractivity contribution in [3.63, 3.8) is 0 Å². The Balaban J connectivity index is 1.77. The molecule has 1 aliphatic heterocycles. The Hall–Kier alpha value is -2.47. The van der Waals surface area contributed by atoms with Crippen LogP contribution in [0.25, 0.3) is 0 Å². The molecule has 1 aliphatic rings. The lowest BCUT2D eigenvalue weighted by molar-refractivity contribution is 0.0730. The third kappa shape index (κ3) is 5.82. The van der Waals surface area contributed by atoms with Crippen LogP contribution in [-0.2, 0) is 24.8 Å². The van der Waals surface area contributed by atoms with Crippen LogP contribution in [0.4, 0.5) is 11.4 Å². The second-order valence-electron chi connectivity index (χ2n) is 6.97. The maximum absolute atomic E-state index is 13.0. The molecule has 2 aromatic rings. The van der Waals surface area contributed by atoms with Crippen LogP contribution in [0.3, 0.4) is 0 Å². The number of nitrogens with zero attached hydrogens (tertiary/aromatic N) is 1. The van der Waals surface area contributed by atoms with Gasteiger partial charge in [-0.15, -0.1) is 0 Å². The summed E-state index contributed by atoms with van der Waals surface area (Å²) in [6.45, 7) is 2.85. The molecule has 0 saturated carbocycles. The van der Waals surface area contributed by atoms with E-state index < -0.39 is 26.0 Å². The standard InChI is InChI=1S/C20H25N3O6S2/c1-2-15-30(25,26)22-17-9-7-16(8-10-17)21-20(24)18-5-3-4-6-19(18)31(27,28)23-11-13-29-14-12-23/h3-10,22H,2,11-15H2,1H3,(H,21,24). The Labute approximate surface area is 182 Å². The summed E-state index contributed by atoms with van der Waals surface area (Å²) in [5, 5.41) is 2.67. The highest BCUT2D eigenvalue weighted by molar-refractivity contribution is 7.92. The number of hydrogen-bond acceptors (Lipinski definition) is 6. The third-order valence-electron chi connectivity index (χ3n) is 4.61. The van der Waals surface area contributed by atoms with E-state index in [0.717, 1.165) is 0 Å². The first-order valence-electron chi connectivity index (χ1n) is 9.82. The fraction of sp³-hybridized carbons (Fsp3) is 0.350. The Bertz CT molecular complexity index is 1130. The van der Waals surface area contributed by atoms with Gasteiger partial charge in [0.1, 0.15) is 0 Å². The lowest BCUT2D eigenvalue weighted by Gasteiger charge is -2.26. The molecule has 168 valence electrons. The van der Waals surface area contributed by atoms with Crippen molar-refractivity contribution in [2.75, 3.05) is 42.1 Å². The molecular formula is C20H25N3O6S2. The second-order valence-corrected chi connectivity index (χ2v) is 10.7. The predicted molar refractivity (Wildman–Crippen MR) is 118 cm³/mol. The summed E-state index contributed by atoms with van der Waals surface area (Å²) < 4.78 is 58.7. The zero-order valence-electron chi connectivity index (χ0n) is 17.1. The number of morpholine rings is 1. The molecule has 1 heterocycles. The van der Waals surface area contributed by atoms with Gasteiger partial charge in [0.25, 0.3) is 5.91 Å². The molecule has 31 heavy (non-hydrogen) atoms. The highest BCUT2D eigenvalue weighted by Crippen LogP contribution is 2.23. The monoisotopic (exact) mass is 467 g/mol. The van der Waals surface area contributed by atoms with Gasteiger partial charge >= 0.3 is 0 Å². The highest BCUT2D eigenvalue weighted by Gasteiger charge is 2.30. The zero-order chi connectivity index (χ0) is 22.5. The summed E-state index contributed by atoms with van der Waals surface area (Å²) in [4.78, 5) is 12.8. The predicted octanol–water partition coefficient (Wildman–Crippen LogP) is 2.11. The fourth-order valence-electron chi connectivity index (χ4n) is 3.12. The van der Waals surface area contributed by atoms with Crippen molar-refractivity contribution in [1.82, 2.24) is 4.31 Å². The van der Waals surface area contributed by atoms with Gasteiger partial charge in [-0.1, -0.05) is 19.1 Å². The lowest BCUT2D eigenvalue weighted by Crippen LogP contribution is -2.41. The summed E-state index contributed by atoms with van der Waals surface area (Å²) in [6.07, 6.45) is 0.496. The van der Waals surface area contributed by atoms with E-state index in [9.17, 15) is 21.6 Å². The normalized spacial score (nSPS) is 15.4. The second kappa shape index (κ2) is 9.77. The number of nitrogens with one attached hydrogen (secondary N) is 2. The Kier molecular flexibility index (Phi) is 7.31. The van der Waals surface area contributed by atoms with Gasteiger partial charge in [0.15, 0.2) is 0 Å². The molecular weight excluding hydrogens is 442 g/mol. The first-order valence-corrected chi connectivity index (χ1v) is 12.9. The highest BCUT2D eigenvalue weighted by atomic mass is 32.2. The minimum Gasteiger partial charge on any atom is -0.379 e. The van der Waals surface area contributed by atoms with Crippen molar-refractivity contribution in [3.05, 3.63) is 54.1 Å². The first kappa shape index (κ1) is 23.2. The quantitative estimate of drug-likeness (QED) is 0.613. The molecule has 1 fully saturated rings. The zero-order valence-corrected chi connectivity index (χ0v) is 18.7. The molecule has 9 nitrogen and oxygen atoms in total. The molecule has 0 bridgehead atoms. The molecule has 0 aliphatic carbocycles. The van der Waals surface area contributed by atoms with Crippen LogP contribution in [0.15, 0.2) is 53.4 Å². The number of rotatable bonds is 8. The summed E-state index contributed by atoms with van der Waals surface area (Å²) in [7, 11) is -7.26. The van der Waals surface area contributed by atoms with Gasteiger partial charge in [-0.05, 0) is 42.8 Å². The van der Waals surface area contributed by atoms with Crippen LogP contribution < -0.4 is 10.0 Å². The van der Waals surface area contributed by atoms with Crippen molar-refractivity contribution in [2.45, 2.75) is 18.2 Å². The summed E-state index contributed by atoms with van der Waals surface area (Å²) in [5.41, 5.74) is 0.811. The summed E-state index contributed by atoms with van der Waals surface area (Å²) in [5.74, 6) is -0.563. The number of ether oxygens (including phenoxy) is 1. The van der Waals surface area contributed by atoms with Gasteiger partial charge in [0.05, 0.1) is 29.4 Å². The average Bonchev–Trinajstić information content (AvgIpc) is 2.75. The molecule has 0 atom stereocenters. The van der Waals surface area contributed by atoms with Crippen LogP contribution >= 0.6 is 0 Å². The molecule has 0 unspecified atom stereocenters. The van der Waals surface area contributed by atoms with Crippen molar-refractivity contribution in [3.8, 4) is 0 Å². The first-order chi connectivity index (χ1) is 14.7. The minimum atomic E-state index is -3.85. The number of sulfonamides is 2. The smallest absolute Gasteiger partial charge is 0.257 e. The topological polar surface area (TPSA) is 122 Å². The van der Waals surface area contributed by atoms with Crippen molar-refractivity contribution < 1.29 is 26.4 Å². The fourth-order valence-corrected chi connectivity index (χ4v) is 5.86. The molecule has 3 rings (SSSR count). The van der Waals surface area contributed by atoms with Gasteiger partial charge in [-0.2, -0.15) is 4.31 Å². The molecule has 0 aromatic heterocycles. The van der Waals surface area contributed by atoms with E-state index in [1.807, 2.05) is 0 Å². The largest absolute Gasteiger partial charge is 0.379 e. The Morgan fingerprint density at radius 3 is 2.23 bits per heavy atom. The van der Waals surface area contributed by atoms with E-state index in [2.05, 4.69) is 10.0 Å². The molecule has 1 amide bonds. The Morgan fingerprint density at radius 2 is 1.58 bits per heavy atom. The average molecular weight is 468 g/mol. The summed E-state index contributed by atoms with van der Waals surface area (Å²) >= 11 is 0. The molecule has 11 heteroatoms. The lowest BCUT2D eigenvalue weighted by atomic mass is 10.2. The van der Waals surface area contributed by atoms with Gasteiger partial charge in [0.2, 0.25) is 20.0 Å². The van der Waals surface area contributed by atoms with Gasteiger partial charge in [0, 0.05) is 24.5 Å². The van der Waals surface area contributed by atoms with E-state index in [4.69, 9.17) is 4.74 Å². The maximum Gasteiger partial charge on any atom is 0.257 e. The molecule has 1 saturated heterocycles. The number of amides is 1. The SMILES string of the molecule is CCCS(=O)(=O)Nc1ccc(NC(=O)c2ccccc2S(=O)(=O)N2CCOCC2)cc1. The molecule has 0 spiro atoms.